The largest absolute Gasteiger partial charge is 0.395 e. The summed E-state index contributed by atoms with van der Waals surface area (Å²) in [6.07, 6.45) is 4.05. The summed E-state index contributed by atoms with van der Waals surface area (Å²) in [5.41, 5.74) is 1.68. The van der Waals surface area contributed by atoms with Crippen LogP contribution in [0, 0.1) is 6.92 Å². The fraction of sp³-hybridized carbons (Fsp3) is 0.500. The number of aromatic nitrogens is 2. The maximum absolute atomic E-state index is 13.6. The number of rotatable bonds is 9. The van der Waals surface area contributed by atoms with Crippen LogP contribution in [-0.2, 0) is 9.53 Å². The van der Waals surface area contributed by atoms with Crippen LogP contribution in [0.1, 0.15) is 24.5 Å². The first-order valence-corrected chi connectivity index (χ1v) is 13.1. The van der Waals surface area contributed by atoms with E-state index in [4.69, 9.17) is 21.9 Å². The van der Waals surface area contributed by atoms with Gasteiger partial charge in [0.2, 0.25) is 0 Å². The number of nitrogens with zero attached hydrogens (tertiary/aromatic N) is 5. The third kappa shape index (κ3) is 5.59. The molecule has 1 amide bonds. The quantitative estimate of drug-likeness (QED) is 0.303. The van der Waals surface area contributed by atoms with Crippen LogP contribution >= 0.6 is 24.0 Å². The Kier molecular flexibility index (Phi) is 8.55. The van der Waals surface area contributed by atoms with Crippen LogP contribution in [-0.4, -0.2) is 93.6 Å². The summed E-state index contributed by atoms with van der Waals surface area (Å²) in [4.78, 5) is 38.0. The number of pyridine rings is 1. The van der Waals surface area contributed by atoms with E-state index in [1.807, 2.05) is 26.0 Å². The van der Waals surface area contributed by atoms with Gasteiger partial charge in [-0.05, 0) is 38.0 Å². The first-order chi connectivity index (χ1) is 16.9. The van der Waals surface area contributed by atoms with Gasteiger partial charge in [-0.3, -0.25) is 23.8 Å². The number of hydrogen-bond acceptors (Lipinski definition) is 9. The molecule has 0 atom stereocenters. The van der Waals surface area contributed by atoms with E-state index >= 15 is 0 Å². The lowest BCUT2D eigenvalue weighted by Crippen LogP contribution is -2.48. The zero-order valence-electron chi connectivity index (χ0n) is 20.1. The molecule has 2 fully saturated rings. The van der Waals surface area contributed by atoms with Gasteiger partial charge in [0.25, 0.3) is 11.5 Å². The molecular weight excluding hydrogens is 486 g/mol. The molecule has 0 bridgehead atoms. The van der Waals surface area contributed by atoms with Crippen LogP contribution in [0.2, 0.25) is 0 Å². The standard InChI is InChI=1S/C24H31N5O4S2/c1-3-33-15-5-8-29-23(32)19(35-24(29)34)16-18-21(27-11-9-26(10-12-27)13-14-30)25-20-17(2)6-4-7-28(20)22(18)31/h4,6-7,16,30H,3,5,8-15H2,1-2H3/b19-16-. The molecule has 2 saturated heterocycles. The number of thioether (sulfide) groups is 1. The summed E-state index contributed by atoms with van der Waals surface area (Å²) in [5.74, 6) is 0.388. The van der Waals surface area contributed by atoms with Crippen molar-refractivity contribution in [3.63, 3.8) is 0 Å². The molecule has 2 aliphatic rings. The third-order valence-corrected chi connectivity index (χ3v) is 7.55. The van der Waals surface area contributed by atoms with E-state index < -0.39 is 0 Å². The second kappa shape index (κ2) is 11.6. The SMILES string of the molecule is CCOCCCN1C(=O)/C(=C/c2c(N3CCN(CCO)CC3)nc3c(C)cccn3c2=O)SC1=S. The van der Waals surface area contributed by atoms with Gasteiger partial charge < -0.3 is 14.7 Å². The number of piperazine rings is 1. The van der Waals surface area contributed by atoms with Crippen LogP contribution < -0.4 is 10.5 Å². The molecule has 9 nitrogen and oxygen atoms in total. The van der Waals surface area contributed by atoms with Gasteiger partial charge in [-0.2, -0.15) is 0 Å². The Morgan fingerprint density at radius 1 is 1.23 bits per heavy atom. The lowest BCUT2D eigenvalue weighted by atomic mass is 10.2. The molecule has 4 heterocycles. The monoisotopic (exact) mass is 517 g/mol. The summed E-state index contributed by atoms with van der Waals surface area (Å²) in [6.45, 7) is 9.15. The van der Waals surface area contributed by atoms with Gasteiger partial charge in [-0.25, -0.2) is 4.98 Å². The number of ether oxygens (including phenoxy) is 1. The lowest BCUT2D eigenvalue weighted by Gasteiger charge is -2.35. The average molecular weight is 518 g/mol. The molecule has 35 heavy (non-hydrogen) atoms. The van der Waals surface area contributed by atoms with Gasteiger partial charge in [-0.1, -0.05) is 30.0 Å². The highest BCUT2D eigenvalue weighted by Crippen LogP contribution is 2.33. The number of β-amino-alcohol motifs (C(OH)–C–C–N with tert-alkyl or cyclic N) is 1. The average Bonchev–Trinajstić information content (AvgIpc) is 3.12. The van der Waals surface area contributed by atoms with E-state index in [-0.39, 0.29) is 18.1 Å². The molecule has 2 aromatic heterocycles. The van der Waals surface area contributed by atoms with Gasteiger partial charge in [0, 0.05) is 58.7 Å². The number of aliphatic hydroxyl groups excluding tert-OH is 1. The molecule has 4 rings (SSSR count). The highest BCUT2D eigenvalue weighted by molar-refractivity contribution is 8.26. The third-order valence-electron chi connectivity index (χ3n) is 6.18. The van der Waals surface area contributed by atoms with Crippen LogP contribution in [0.25, 0.3) is 11.7 Å². The van der Waals surface area contributed by atoms with Crippen molar-refractivity contribution in [3.05, 3.63) is 44.7 Å². The molecule has 0 aliphatic carbocycles. The van der Waals surface area contributed by atoms with Gasteiger partial charge in [-0.15, -0.1) is 0 Å². The normalized spacial score (nSPS) is 18.4. The molecule has 11 heteroatoms. The zero-order valence-corrected chi connectivity index (χ0v) is 21.7. The number of amides is 1. The Balaban J connectivity index is 1.70. The predicted octanol–water partition coefficient (Wildman–Crippen LogP) is 1.75. The fourth-order valence-electron chi connectivity index (χ4n) is 4.29. The molecule has 1 N–H and O–H groups in total. The molecule has 2 aromatic rings. The van der Waals surface area contributed by atoms with Crippen molar-refractivity contribution in [1.29, 1.82) is 0 Å². The van der Waals surface area contributed by atoms with Crippen LogP contribution in [0.3, 0.4) is 0 Å². The molecule has 0 aromatic carbocycles. The van der Waals surface area contributed by atoms with E-state index in [2.05, 4.69) is 9.80 Å². The fourth-order valence-corrected chi connectivity index (χ4v) is 5.58. The number of carbonyl (C=O) groups excluding carboxylic acids is 1. The molecule has 0 spiro atoms. The maximum Gasteiger partial charge on any atom is 0.267 e. The highest BCUT2D eigenvalue weighted by atomic mass is 32.2. The Hall–Kier alpha value is -2.31. The van der Waals surface area contributed by atoms with E-state index in [1.165, 1.54) is 16.2 Å². The van der Waals surface area contributed by atoms with Gasteiger partial charge in [0.15, 0.2) is 0 Å². The molecule has 188 valence electrons. The van der Waals surface area contributed by atoms with E-state index in [1.54, 1.807) is 17.2 Å². The Morgan fingerprint density at radius 2 is 2.00 bits per heavy atom. The number of aliphatic hydroxyl groups is 1. The van der Waals surface area contributed by atoms with Crippen molar-refractivity contribution < 1.29 is 14.6 Å². The van der Waals surface area contributed by atoms with Crippen molar-refractivity contribution in [2.75, 3.05) is 64.0 Å². The van der Waals surface area contributed by atoms with Crippen molar-refractivity contribution in [1.82, 2.24) is 19.2 Å². The number of carbonyl (C=O) groups is 1. The summed E-state index contributed by atoms with van der Waals surface area (Å²) in [5, 5.41) is 9.26. The number of hydrogen-bond donors (Lipinski definition) is 1. The van der Waals surface area contributed by atoms with Crippen LogP contribution in [0.5, 0.6) is 0 Å². The van der Waals surface area contributed by atoms with Crippen molar-refractivity contribution in [2.24, 2.45) is 0 Å². The second-order valence-corrected chi connectivity index (χ2v) is 10.2. The Morgan fingerprint density at radius 3 is 2.71 bits per heavy atom. The first kappa shape index (κ1) is 25.8. The lowest BCUT2D eigenvalue weighted by molar-refractivity contribution is -0.122. The maximum atomic E-state index is 13.6. The van der Waals surface area contributed by atoms with Gasteiger partial charge in [0.05, 0.1) is 17.1 Å². The second-order valence-electron chi connectivity index (χ2n) is 8.48. The summed E-state index contributed by atoms with van der Waals surface area (Å²) in [6, 6.07) is 3.75. The Labute approximate surface area is 214 Å². The smallest absolute Gasteiger partial charge is 0.267 e. The number of anilines is 1. The topological polar surface area (TPSA) is 90.6 Å². The molecule has 0 unspecified atom stereocenters. The molecular formula is C24H31N5O4S2. The van der Waals surface area contributed by atoms with Crippen molar-refractivity contribution in [3.8, 4) is 0 Å². The van der Waals surface area contributed by atoms with Crippen molar-refractivity contribution in [2.45, 2.75) is 20.3 Å². The summed E-state index contributed by atoms with van der Waals surface area (Å²) in [7, 11) is 0. The van der Waals surface area contributed by atoms with E-state index in [0.29, 0.717) is 72.1 Å². The molecule has 0 radical (unpaired) electrons. The molecule has 0 saturated carbocycles. The zero-order chi connectivity index (χ0) is 24.9. The minimum absolute atomic E-state index is 0.117. The van der Waals surface area contributed by atoms with E-state index in [0.717, 1.165) is 18.7 Å². The summed E-state index contributed by atoms with van der Waals surface area (Å²) < 4.78 is 7.41. The predicted molar refractivity (Wildman–Crippen MR) is 143 cm³/mol. The van der Waals surface area contributed by atoms with Crippen molar-refractivity contribution >= 4 is 51.7 Å². The number of fused-ring (bicyclic) bond motifs is 1. The molecule has 2 aliphatic heterocycles. The van der Waals surface area contributed by atoms with Crippen LogP contribution in [0.4, 0.5) is 5.82 Å². The van der Waals surface area contributed by atoms with E-state index in [9.17, 15) is 14.7 Å². The minimum atomic E-state index is -0.215. The Bertz CT molecular complexity index is 1190. The highest BCUT2D eigenvalue weighted by Gasteiger charge is 2.33. The van der Waals surface area contributed by atoms with Gasteiger partial charge >= 0.3 is 0 Å². The summed E-state index contributed by atoms with van der Waals surface area (Å²) >= 11 is 6.68. The van der Waals surface area contributed by atoms with Gasteiger partial charge in [0.1, 0.15) is 15.8 Å². The van der Waals surface area contributed by atoms with Crippen LogP contribution in [0.15, 0.2) is 28.0 Å². The number of thiocarbonyl (C=S) groups is 1. The first-order valence-electron chi connectivity index (χ1n) is 11.9. The minimum Gasteiger partial charge on any atom is -0.395 e. The number of aryl methyl sites for hydroxylation is 1.